The molecule has 162 valence electrons. The molecule has 0 spiro atoms. The summed E-state index contributed by atoms with van der Waals surface area (Å²) < 4.78 is 51.8. The number of halogens is 2. The number of carbonyl (C=O) groups excluding carboxylic acids is 1. The van der Waals surface area contributed by atoms with E-state index in [1.807, 2.05) is 0 Å². The number of fused-ring (bicyclic) bond motifs is 2. The zero-order valence-corrected chi connectivity index (χ0v) is 18.0. The lowest BCUT2D eigenvalue weighted by Crippen LogP contribution is -2.26. The maximum absolute atomic E-state index is 14.1. The van der Waals surface area contributed by atoms with Gasteiger partial charge >= 0.3 is 0 Å². The number of nitrogens with zero attached hydrogens (tertiary/aromatic N) is 1. The van der Waals surface area contributed by atoms with Gasteiger partial charge in [-0.05, 0) is 54.6 Å². The van der Waals surface area contributed by atoms with Crippen LogP contribution in [0.5, 0.6) is 11.5 Å². The molecule has 0 radical (unpaired) electrons. The fourth-order valence-corrected chi connectivity index (χ4v) is 5.25. The Labute approximate surface area is 188 Å². The first kappa shape index (κ1) is 20.5. The third-order valence-corrected chi connectivity index (χ3v) is 7.19. The predicted octanol–water partition coefficient (Wildman–Crippen LogP) is 4.90. The first-order chi connectivity index (χ1) is 15.3. The number of Topliss-reactive ketones (excluding diaryl/α,β-unsaturated/α-hetero) is 1. The fourth-order valence-electron chi connectivity index (χ4n) is 3.60. The SMILES string of the molecule is O=C(C1=CN(c2ccc3c(c2)OCCO3)c2cc(F)ccc2S1(=O)=O)c1ccc(Cl)cc1. The van der Waals surface area contributed by atoms with Crippen LogP contribution in [-0.4, -0.2) is 27.4 Å². The second-order valence-electron chi connectivity index (χ2n) is 7.14. The maximum atomic E-state index is 14.1. The summed E-state index contributed by atoms with van der Waals surface area (Å²) in [5.41, 5.74) is 0.739. The number of allylic oxidation sites excluding steroid dienone is 1. The highest BCUT2D eigenvalue weighted by Gasteiger charge is 2.36. The standard InChI is InChI=1S/C23H15ClFNO5S/c24-15-3-1-14(2-4-15)23(27)22-13-26(17-6-7-19-20(12-17)31-10-9-30-19)18-11-16(25)5-8-21(18)32(22,28)29/h1-8,11-13H,9-10H2. The molecule has 0 aromatic heterocycles. The van der Waals surface area contributed by atoms with Crippen molar-refractivity contribution in [3.8, 4) is 11.5 Å². The van der Waals surface area contributed by atoms with E-state index in [2.05, 4.69) is 0 Å². The van der Waals surface area contributed by atoms with Gasteiger partial charge in [-0.2, -0.15) is 0 Å². The molecule has 3 aromatic rings. The van der Waals surface area contributed by atoms with Crippen molar-refractivity contribution in [2.45, 2.75) is 4.90 Å². The lowest BCUT2D eigenvalue weighted by atomic mass is 10.1. The summed E-state index contributed by atoms with van der Waals surface area (Å²) in [6.45, 7) is 0.786. The van der Waals surface area contributed by atoms with Gasteiger partial charge in [-0.1, -0.05) is 11.6 Å². The van der Waals surface area contributed by atoms with Crippen LogP contribution in [0.15, 0.2) is 76.7 Å². The van der Waals surface area contributed by atoms with E-state index in [0.717, 1.165) is 18.2 Å². The van der Waals surface area contributed by atoms with Crippen molar-refractivity contribution in [1.82, 2.24) is 0 Å². The fraction of sp³-hybridized carbons (Fsp3) is 0.0870. The van der Waals surface area contributed by atoms with Crippen molar-refractivity contribution in [3.05, 3.63) is 88.2 Å². The second-order valence-corrected chi connectivity index (χ2v) is 9.47. The Morgan fingerprint density at radius 2 is 1.66 bits per heavy atom. The molecule has 32 heavy (non-hydrogen) atoms. The highest BCUT2D eigenvalue weighted by Crippen LogP contribution is 2.43. The molecule has 6 nitrogen and oxygen atoms in total. The van der Waals surface area contributed by atoms with Crippen molar-refractivity contribution in [1.29, 1.82) is 0 Å². The van der Waals surface area contributed by atoms with Gasteiger partial charge in [0.2, 0.25) is 15.6 Å². The number of sulfone groups is 1. The molecule has 3 aromatic carbocycles. The Morgan fingerprint density at radius 3 is 2.41 bits per heavy atom. The van der Waals surface area contributed by atoms with Crippen LogP contribution in [0.1, 0.15) is 10.4 Å². The largest absolute Gasteiger partial charge is 0.486 e. The Morgan fingerprint density at radius 1 is 0.938 bits per heavy atom. The molecule has 0 bridgehead atoms. The monoisotopic (exact) mass is 471 g/mol. The van der Waals surface area contributed by atoms with Crippen molar-refractivity contribution in [2.24, 2.45) is 0 Å². The summed E-state index contributed by atoms with van der Waals surface area (Å²) >= 11 is 5.89. The molecule has 0 fully saturated rings. The number of hydrogen-bond acceptors (Lipinski definition) is 6. The maximum Gasteiger partial charge on any atom is 0.214 e. The average Bonchev–Trinajstić information content (AvgIpc) is 2.79. The molecule has 2 aliphatic heterocycles. The van der Waals surface area contributed by atoms with Gasteiger partial charge in [-0.15, -0.1) is 0 Å². The van der Waals surface area contributed by atoms with Crippen LogP contribution in [0, 0.1) is 5.82 Å². The van der Waals surface area contributed by atoms with Gasteiger partial charge in [-0.25, -0.2) is 12.8 Å². The molecular weight excluding hydrogens is 457 g/mol. The van der Waals surface area contributed by atoms with Gasteiger partial charge in [-0.3, -0.25) is 4.79 Å². The molecule has 0 saturated heterocycles. The number of ether oxygens (including phenoxy) is 2. The molecule has 0 unspecified atom stereocenters. The van der Waals surface area contributed by atoms with E-state index in [0.29, 0.717) is 35.4 Å². The molecule has 5 rings (SSSR count). The van der Waals surface area contributed by atoms with Gasteiger partial charge in [0.25, 0.3) is 0 Å². The first-order valence-corrected chi connectivity index (χ1v) is 11.5. The minimum atomic E-state index is -4.20. The third kappa shape index (κ3) is 3.41. The quantitative estimate of drug-likeness (QED) is 0.399. The van der Waals surface area contributed by atoms with E-state index >= 15 is 0 Å². The molecule has 0 amide bonds. The summed E-state index contributed by atoms with van der Waals surface area (Å²) in [6.07, 6.45) is 1.21. The Balaban J connectivity index is 1.69. The summed E-state index contributed by atoms with van der Waals surface area (Å²) in [6, 6.07) is 14.3. The van der Waals surface area contributed by atoms with Gasteiger partial charge in [0.1, 0.15) is 23.9 Å². The van der Waals surface area contributed by atoms with E-state index in [1.54, 1.807) is 18.2 Å². The van der Waals surface area contributed by atoms with Crippen molar-refractivity contribution in [3.63, 3.8) is 0 Å². The van der Waals surface area contributed by atoms with Crippen LogP contribution in [0.2, 0.25) is 5.02 Å². The van der Waals surface area contributed by atoms with Gasteiger partial charge in [0, 0.05) is 28.5 Å². The normalized spacial score (nSPS) is 16.2. The minimum Gasteiger partial charge on any atom is -0.486 e. The van der Waals surface area contributed by atoms with Gasteiger partial charge < -0.3 is 14.4 Å². The molecule has 2 heterocycles. The van der Waals surface area contributed by atoms with Crippen molar-refractivity contribution in [2.75, 3.05) is 18.1 Å². The molecule has 9 heteroatoms. The topological polar surface area (TPSA) is 72.9 Å². The highest BCUT2D eigenvalue weighted by molar-refractivity contribution is 7.96. The number of benzene rings is 3. The Bertz CT molecular complexity index is 1390. The van der Waals surface area contributed by atoms with Crippen LogP contribution >= 0.6 is 11.6 Å². The molecule has 0 N–H and O–H groups in total. The zero-order chi connectivity index (χ0) is 22.5. The molecule has 0 aliphatic carbocycles. The van der Waals surface area contributed by atoms with Crippen molar-refractivity contribution >= 4 is 38.6 Å². The van der Waals surface area contributed by atoms with Crippen LogP contribution in [-0.2, 0) is 9.84 Å². The number of ketones is 1. The lowest BCUT2D eigenvalue weighted by Gasteiger charge is -2.30. The van der Waals surface area contributed by atoms with Crippen LogP contribution in [0.25, 0.3) is 0 Å². The minimum absolute atomic E-state index is 0.0920. The Kier molecular flexibility index (Phi) is 4.91. The molecule has 0 atom stereocenters. The van der Waals surface area contributed by atoms with Crippen LogP contribution in [0.4, 0.5) is 15.8 Å². The third-order valence-electron chi connectivity index (χ3n) is 5.14. The number of hydrogen-bond donors (Lipinski definition) is 0. The zero-order valence-electron chi connectivity index (χ0n) is 16.4. The van der Waals surface area contributed by atoms with Gasteiger partial charge in [0.05, 0.1) is 10.6 Å². The predicted molar refractivity (Wildman–Crippen MR) is 117 cm³/mol. The summed E-state index contributed by atoms with van der Waals surface area (Å²) in [5, 5.41) is 0.417. The first-order valence-electron chi connectivity index (χ1n) is 9.60. The Hall–Kier alpha value is -3.36. The molecule has 0 saturated carbocycles. The number of anilines is 2. The van der Waals surface area contributed by atoms with E-state index < -0.39 is 26.3 Å². The summed E-state index contributed by atoms with van der Waals surface area (Å²) in [5.74, 6) is -0.286. The van der Waals surface area contributed by atoms with Crippen LogP contribution in [0.3, 0.4) is 0 Å². The smallest absolute Gasteiger partial charge is 0.214 e. The summed E-state index contributed by atoms with van der Waals surface area (Å²) in [7, 11) is -4.20. The van der Waals surface area contributed by atoms with E-state index in [9.17, 15) is 17.6 Å². The van der Waals surface area contributed by atoms with E-state index in [-0.39, 0.29) is 16.1 Å². The van der Waals surface area contributed by atoms with Crippen LogP contribution < -0.4 is 14.4 Å². The average molecular weight is 472 g/mol. The highest BCUT2D eigenvalue weighted by atomic mass is 35.5. The van der Waals surface area contributed by atoms with E-state index in [4.69, 9.17) is 21.1 Å². The lowest BCUT2D eigenvalue weighted by molar-refractivity contribution is 0.104. The van der Waals surface area contributed by atoms with Crippen molar-refractivity contribution < 1.29 is 27.1 Å². The second kappa shape index (κ2) is 7.65. The summed E-state index contributed by atoms with van der Waals surface area (Å²) in [4.78, 5) is 14.0. The number of carbonyl (C=O) groups is 1. The van der Waals surface area contributed by atoms with Gasteiger partial charge in [0.15, 0.2) is 11.5 Å². The molecule has 2 aliphatic rings. The number of rotatable bonds is 3. The van der Waals surface area contributed by atoms with E-state index in [1.165, 1.54) is 35.4 Å². The molecular formula is C23H15ClFNO5S.